The van der Waals surface area contributed by atoms with E-state index in [0.717, 1.165) is 60.2 Å². The minimum Gasteiger partial charge on any atom is -0.354 e. The van der Waals surface area contributed by atoms with E-state index in [-0.39, 0.29) is 0 Å². The van der Waals surface area contributed by atoms with Crippen LogP contribution in [0.2, 0.25) is 0 Å². The van der Waals surface area contributed by atoms with Crippen molar-refractivity contribution in [1.29, 1.82) is 0 Å². The van der Waals surface area contributed by atoms with E-state index in [9.17, 15) is 0 Å². The summed E-state index contributed by atoms with van der Waals surface area (Å²) < 4.78 is 1.18. The molecule has 0 spiro atoms. The van der Waals surface area contributed by atoms with Crippen LogP contribution in [0.5, 0.6) is 0 Å². The van der Waals surface area contributed by atoms with Crippen LogP contribution in [0.15, 0.2) is 67.8 Å². The van der Waals surface area contributed by atoms with Gasteiger partial charge in [0.15, 0.2) is 0 Å². The van der Waals surface area contributed by atoms with E-state index in [4.69, 9.17) is 0 Å². The van der Waals surface area contributed by atoms with Crippen LogP contribution in [-0.4, -0.2) is 41.1 Å². The molecule has 4 aromatic rings. The molecule has 172 valence electrons. The monoisotopic (exact) mass is 468 g/mol. The van der Waals surface area contributed by atoms with E-state index in [2.05, 4.69) is 81.3 Å². The highest BCUT2D eigenvalue weighted by Crippen LogP contribution is 2.35. The van der Waals surface area contributed by atoms with Crippen LogP contribution >= 0.6 is 11.3 Å². The highest BCUT2D eigenvalue weighted by Gasteiger charge is 2.15. The number of fused-ring (bicyclic) bond motifs is 1. The quantitative estimate of drug-likeness (QED) is 0.398. The summed E-state index contributed by atoms with van der Waals surface area (Å²) in [5.74, 6) is 0.986. The highest BCUT2D eigenvalue weighted by atomic mass is 32.1. The van der Waals surface area contributed by atoms with Crippen LogP contribution in [0.25, 0.3) is 21.4 Å². The van der Waals surface area contributed by atoms with Gasteiger partial charge in [0.25, 0.3) is 0 Å². The Hall–Kier alpha value is -3.55. The number of nitrogens with one attached hydrogen (secondary N) is 2. The summed E-state index contributed by atoms with van der Waals surface area (Å²) in [6, 6.07) is 10.5. The van der Waals surface area contributed by atoms with E-state index in [0.29, 0.717) is 0 Å². The van der Waals surface area contributed by atoms with Gasteiger partial charge in [0.1, 0.15) is 5.82 Å². The molecule has 0 radical (unpaired) electrons. The Balaban J connectivity index is 1.40. The first-order chi connectivity index (χ1) is 16.6. The first-order valence-electron chi connectivity index (χ1n) is 11.5. The van der Waals surface area contributed by atoms with E-state index < -0.39 is 0 Å². The number of aromatic nitrogens is 3. The van der Waals surface area contributed by atoms with E-state index in [1.165, 1.54) is 20.5 Å². The molecular formula is C27H28N6S. The fourth-order valence-corrected chi connectivity index (χ4v) is 5.36. The molecule has 6 nitrogen and oxygen atoms in total. The van der Waals surface area contributed by atoms with Crippen molar-refractivity contribution in [3.8, 4) is 0 Å². The summed E-state index contributed by atoms with van der Waals surface area (Å²) in [4.78, 5) is 17.0. The molecule has 0 saturated carbocycles. The number of hydrogen-bond donors (Lipinski definition) is 2. The van der Waals surface area contributed by atoms with Gasteiger partial charge in [0, 0.05) is 72.2 Å². The van der Waals surface area contributed by atoms with Crippen LogP contribution in [0, 0.1) is 6.92 Å². The van der Waals surface area contributed by atoms with Crippen molar-refractivity contribution in [2.24, 2.45) is 0 Å². The fraction of sp³-hybridized carbons (Fsp3) is 0.222. The molecule has 0 atom stereocenters. The molecule has 1 aliphatic heterocycles. The largest absolute Gasteiger partial charge is 0.354 e. The zero-order valence-corrected chi connectivity index (χ0v) is 20.3. The predicted octanol–water partition coefficient (Wildman–Crippen LogP) is 5.34. The van der Waals surface area contributed by atoms with E-state index >= 15 is 0 Å². The van der Waals surface area contributed by atoms with Gasteiger partial charge in [-0.05, 0) is 55.1 Å². The van der Waals surface area contributed by atoms with Crippen LogP contribution in [0.3, 0.4) is 0 Å². The lowest BCUT2D eigenvalue weighted by Crippen LogP contribution is -2.43. The van der Waals surface area contributed by atoms with Crippen molar-refractivity contribution in [3.63, 3.8) is 0 Å². The molecule has 0 aliphatic carbocycles. The van der Waals surface area contributed by atoms with Gasteiger partial charge in [-0.1, -0.05) is 12.7 Å². The molecule has 4 aromatic heterocycles. The van der Waals surface area contributed by atoms with E-state index in [1.54, 1.807) is 11.3 Å². The highest BCUT2D eigenvalue weighted by molar-refractivity contribution is 7.20. The summed E-state index contributed by atoms with van der Waals surface area (Å²) in [5.41, 5.74) is 6.03. The predicted molar refractivity (Wildman–Crippen MR) is 143 cm³/mol. The number of thiophene rings is 1. The molecule has 0 bridgehead atoms. The maximum Gasteiger partial charge on any atom is 0.129 e. The van der Waals surface area contributed by atoms with E-state index in [1.807, 2.05) is 30.9 Å². The molecule has 0 aromatic carbocycles. The number of allylic oxidation sites excluding steroid dienone is 1. The maximum absolute atomic E-state index is 4.69. The molecule has 5 heterocycles. The number of aryl methyl sites for hydroxylation is 1. The van der Waals surface area contributed by atoms with Gasteiger partial charge in [-0.15, -0.1) is 11.3 Å². The van der Waals surface area contributed by atoms with Crippen molar-refractivity contribution in [2.45, 2.75) is 13.8 Å². The number of anilines is 2. The summed E-state index contributed by atoms with van der Waals surface area (Å²) in [6.07, 6.45) is 9.64. The number of hydrogen-bond acceptors (Lipinski definition) is 7. The Morgan fingerprint density at radius 1 is 1.12 bits per heavy atom. The van der Waals surface area contributed by atoms with Gasteiger partial charge in [0.05, 0.1) is 16.6 Å². The van der Waals surface area contributed by atoms with Crippen LogP contribution in [-0.2, 0) is 0 Å². The van der Waals surface area contributed by atoms with Crippen LogP contribution in [0.1, 0.15) is 28.6 Å². The molecule has 2 N–H and O–H groups in total. The Bertz CT molecular complexity index is 1330. The second kappa shape index (κ2) is 9.75. The van der Waals surface area contributed by atoms with Gasteiger partial charge < -0.3 is 15.5 Å². The lowest BCUT2D eigenvalue weighted by atomic mass is 10.0. The van der Waals surface area contributed by atoms with Gasteiger partial charge >= 0.3 is 0 Å². The average molecular weight is 469 g/mol. The lowest BCUT2D eigenvalue weighted by molar-refractivity contribution is 0.585. The van der Waals surface area contributed by atoms with Crippen molar-refractivity contribution >= 4 is 44.2 Å². The molecule has 1 fully saturated rings. The molecule has 0 amide bonds. The summed E-state index contributed by atoms with van der Waals surface area (Å²) in [5, 5.41) is 8.06. The zero-order chi connectivity index (χ0) is 23.5. The van der Waals surface area contributed by atoms with Crippen LogP contribution < -0.4 is 15.5 Å². The molecule has 0 unspecified atom stereocenters. The third-order valence-electron chi connectivity index (χ3n) is 6.08. The third kappa shape index (κ3) is 4.58. The molecule has 7 heteroatoms. The van der Waals surface area contributed by atoms with Crippen molar-refractivity contribution in [2.75, 3.05) is 36.4 Å². The summed E-state index contributed by atoms with van der Waals surface area (Å²) in [7, 11) is 0. The average Bonchev–Trinajstić information content (AvgIpc) is 3.31. The summed E-state index contributed by atoms with van der Waals surface area (Å²) >= 11 is 1.75. The molecule has 1 saturated heterocycles. The van der Waals surface area contributed by atoms with Crippen molar-refractivity contribution < 1.29 is 0 Å². The first kappa shape index (κ1) is 22.3. The van der Waals surface area contributed by atoms with Gasteiger partial charge in [-0.2, -0.15) is 0 Å². The lowest BCUT2D eigenvalue weighted by Gasteiger charge is -2.28. The smallest absolute Gasteiger partial charge is 0.129 e. The van der Waals surface area contributed by atoms with Gasteiger partial charge in [-0.25, -0.2) is 4.98 Å². The Kier molecular flexibility index (Phi) is 6.38. The topological polar surface area (TPSA) is 66.0 Å². The summed E-state index contributed by atoms with van der Waals surface area (Å²) in [6.45, 7) is 12.3. The fourth-order valence-electron chi connectivity index (χ4n) is 4.24. The standard InChI is InChI=1S/C27H28N6S/c1-4-23(25-13-21-5-7-29-17-26(21)34-25)24-15-22(16-31-19(24)3)32-18(2)20-6-8-30-27(14-20)33-11-9-28-10-12-33/h4-8,13-17,28,32H,2,9-12H2,1,3H3/b23-4+. The SMILES string of the molecule is C=C(Nc1cnc(C)c(/C(=C\C)c2cc3ccncc3s2)c1)c1ccnc(N2CCNCC2)c1. The Morgan fingerprint density at radius 3 is 2.76 bits per heavy atom. The second-order valence-corrected chi connectivity index (χ2v) is 9.41. The zero-order valence-electron chi connectivity index (χ0n) is 19.5. The minimum absolute atomic E-state index is 0.824. The molecule has 5 rings (SSSR count). The second-order valence-electron chi connectivity index (χ2n) is 8.33. The number of nitrogens with zero attached hydrogens (tertiary/aromatic N) is 4. The van der Waals surface area contributed by atoms with Crippen LogP contribution in [0.4, 0.5) is 11.5 Å². The third-order valence-corrected chi connectivity index (χ3v) is 7.20. The first-order valence-corrected chi connectivity index (χ1v) is 12.3. The maximum atomic E-state index is 4.69. The van der Waals surface area contributed by atoms with Crippen molar-refractivity contribution in [1.82, 2.24) is 20.3 Å². The van der Waals surface area contributed by atoms with Crippen molar-refractivity contribution in [3.05, 3.63) is 89.5 Å². The normalized spacial score (nSPS) is 14.4. The van der Waals surface area contributed by atoms with Gasteiger partial charge in [-0.3, -0.25) is 9.97 Å². The Labute approximate surface area is 204 Å². The number of rotatable bonds is 6. The Morgan fingerprint density at radius 2 is 1.97 bits per heavy atom. The molecular weight excluding hydrogens is 440 g/mol. The number of pyridine rings is 3. The molecule has 34 heavy (non-hydrogen) atoms. The number of piperazine rings is 1. The minimum atomic E-state index is 0.824. The molecule has 1 aliphatic rings. The van der Waals surface area contributed by atoms with Gasteiger partial charge in [0.2, 0.25) is 0 Å².